The highest BCUT2D eigenvalue weighted by Gasteiger charge is 2.48. The minimum atomic E-state index is -1.41. The zero-order chi connectivity index (χ0) is 27.1. The molecule has 0 radical (unpaired) electrons. The number of carbonyl (C=O) groups is 1. The number of hydrogen-bond acceptors (Lipinski definition) is 7. The van der Waals surface area contributed by atoms with Gasteiger partial charge in [0.1, 0.15) is 41.5 Å². The predicted molar refractivity (Wildman–Crippen MR) is 140 cm³/mol. The number of hydrogen-bond donors (Lipinski definition) is 5. The normalized spacial score (nSPS) is 32.4. The number of nitrogens with one attached hydrogen (secondary N) is 2. The molecule has 0 saturated carbocycles. The van der Waals surface area contributed by atoms with E-state index in [-0.39, 0.29) is 5.91 Å². The number of thioether (sulfide) groups is 1. The van der Waals surface area contributed by atoms with Gasteiger partial charge in [-0.25, -0.2) is 8.78 Å². The van der Waals surface area contributed by atoms with Crippen LogP contribution in [-0.2, 0) is 16.0 Å². The van der Waals surface area contributed by atoms with Crippen LogP contribution in [-0.4, -0.2) is 81.3 Å². The Hall–Kier alpha value is -1.01. The zero-order valence-corrected chi connectivity index (χ0v) is 22.9. The molecule has 0 spiro atoms. The van der Waals surface area contributed by atoms with Gasteiger partial charge in [0.05, 0.1) is 17.5 Å². The SMILES string of the molecule is CSC1O[C@H]([C@H](NC(=O)[C@@H]2CC[C@H](CCCCc3cc(F)cc(F)c3)CCN2)[C@H](C)Cl)C(O)C(O)[C@H]1O. The van der Waals surface area contributed by atoms with Crippen molar-refractivity contribution in [2.45, 2.75) is 99.2 Å². The Morgan fingerprint density at radius 2 is 1.84 bits per heavy atom. The molecule has 3 rings (SSSR count). The van der Waals surface area contributed by atoms with Crippen molar-refractivity contribution in [3.05, 3.63) is 35.4 Å². The van der Waals surface area contributed by atoms with E-state index in [1.165, 1.54) is 23.9 Å². The van der Waals surface area contributed by atoms with E-state index < -0.39 is 58.9 Å². The van der Waals surface area contributed by atoms with Crippen LogP contribution in [0, 0.1) is 17.6 Å². The van der Waals surface area contributed by atoms with Crippen LogP contribution in [0.3, 0.4) is 0 Å². The molecule has 2 fully saturated rings. The molecule has 0 aromatic heterocycles. The van der Waals surface area contributed by atoms with Gasteiger partial charge in [-0.15, -0.1) is 23.4 Å². The standard InChI is InChI=1S/C26H39ClF2N2O5S/c1-14(27)20(24-22(33)21(32)23(34)26(36-24)37-2)31-25(35)19-8-7-15(9-10-30-19)5-3-4-6-16-11-17(28)13-18(29)12-16/h11-15,19-24,26,30,32-34H,3-10H2,1-2H3,(H,31,35)/t14-,15-,19-,20+,21?,22?,23+,24+,26?/m0/s1. The maximum Gasteiger partial charge on any atom is 0.237 e. The van der Waals surface area contributed by atoms with Gasteiger partial charge in [0.15, 0.2) is 0 Å². The average molecular weight is 565 g/mol. The van der Waals surface area contributed by atoms with E-state index in [2.05, 4.69) is 10.6 Å². The number of halogens is 3. The van der Waals surface area contributed by atoms with Gasteiger partial charge >= 0.3 is 0 Å². The topological polar surface area (TPSA) is 111 Å². The molecule has 2 saturated heterocycles. The Kier molecular flexibility index (Phi) is 11.9. The summed E-state index contributed by atoms with van der Waals surface area (Å²) >= 11 is 7.58. The minimum absolute atomic E-state index is 0.247. The minimum Gasteiger partial charge on any atom is -0.388 e. The number of carbonyl (C=O) groups excluding carboxylic acids is 1. The van der Waals surface area contributed by atoms with Crippen LogP contribution in [0.1, 0.15) is 51.0 Å². The second kappa shape index (κ2) is 14.4. The van der Waals surface area contributed by atoms with Gasteiger partial charge < -0.3 is 30.7 Å². The van der Waals surface area contributed by atoms with Crippen LogP contribution < -0.4 is 10.6 Å². The zero-order valence-electron chi connectivity index (χ0n) is 21.3. The summed E-state index contributed by atoms with van der Waals surface area (Å²) in [5.41, 5.74) is -0.0901. The molecule has 2 aliphatic rings. The number of aliphatic hydroxyl groups is 3. The van der Waals surface area contributed by atoms with Gasteiger partial charge in [0.25, 0.3) is 0 Å². The quantitative estimate of drug-likeness (QED) is 0.219. The van der Waals surface area contributed by atoms with Crippen LogP contribution in [0.25, 0.3) is 0 Å². The molecule has 210 valence electrons. The van der Waals surface area contributed by atoms with Crippen molar-refractivity contribution < 1.29 is 33.6 Å². The van der Waals surface area contributed by atoms with Crippen LogP contribution in [0.4, 0.5) is 8.78 Å². The van der Waals surface area contributed by atoms with Crippen molar-refractivity contribution in [2.24, 2.45) is 5.92 Å². The summed E-state index contributed by atoms with van der Waals surface area (Å²) in [6.45, 7) is 2.36. The average Bonchev–Trinajstić information content (AvgIpc) is 3.09. The third kappa shape index (κ3) is 8.49. The molecule has 1 amide bonds. The van der Waals surface area contributed by atoms with E-state index in [1.807, 2.05) is 0 Å². The van der Waals surface area contributed by atoms with Gasteiger partial charge in [-0.05, 0) is 75.4 Å². The van der Waals surface area contributed by atoms with E-state index in [4.69, 9.17) is 16.3 Å². The maximum absolute atomic E-state index is 13.4. The first-order valence-electron chi connectivity index (χ1n) is 13.0. The molecule has 11 heteroatoms. The third-order valence-corrected chi connectivity index (χ3v) is 8.50. The highest BCUT2D eigenvalue weighted by Crippen LogP contribution is 2.30. The van der Waals surface area contributed by atoms with E-state index in [0.717, 1.165) is 38.2 Å². The van der Waals surface area contributed by atoms with Crippen molar-refractivity contribution in [2.75, 3.05) is 12.8 Å². The number of alkyl halides is 1. The van der Waals surface area contributed by atoms with Gasteiger partial charge in [-0.1, -0.05) is 12.8 Å². The van der Waals surface area contributed by atoms with Gasteiger partial charge in [0, 0.05) is 6.07 Å². The van der Waals surface area contributed by atoms with E-state index >= 15 is 0 Å². The number of amides is 1. The molecular formula is C26H39ClF2N2O5S. The fraction of sp³-hybridized carbons (Fsp3) is 0.731. The third-order valence-electron chi connectivity index (χ3n) is 7.37. The first kappa shape index (κ1) is 30.5. The highest BCUT2D eigenvalue weighted by atomic mass is 35.5. The Labute approximate surface area is 226 Å². The first-order valence-corrected chi connectivity index (χ1v) is 14.7. The molecular weight excluding hydrogens is 526 g/mol. The molecule has 7 nitrogen and oxygen atoms in total. The largest absolute Gasteiger partial charge is 0.388 e. The number of rotatable bonds is 10. The maximum atomic E-state index is 13.4. The Bertz CT molecular complexity index is 863. The predicted octanol–water partition coefficient (Wildman–Crippen LogP) is 2.72. The van der Waals surface area contributed by atoms with Crippen LogP contribution >= 0.6 is 23.4 Å². The van der Waals surface area contributed by atoms with Crippen molar-refractivity contribution in [3.63, 3.8) is 0 Å². The molecule has 5 N–H and O–H groups in total. The summed E-state index contributed by atoms with van der Waals surface area (Å²) in [6, 6.07) is 2.43. The molecule has 2 heterocycles. The van der Waals surface area contributed by atoms with E-state index in [0.29, 0.717) is 30.9 Å². The summed E-state index contributed by atoms with van der Waals surface area (Å²) in [5.74, 6) is -0.909. The Morgan fingerprint density at radius 3 is 2.49 bits per heavy atom. The van der Waals surface area contributed by atoms with Crippen LogP contribution in [0.2, 0.25) is 0 Å². The monoisotopic (exact) mass is 564 g/mol. The van der Waals surface area contributed by atoms with E-state index in [9.17, 15) is 28.9 Å². The molecule has 9 atom stereocenters. The van der Waals surface area contributed by atoms with Crippen molar-refractivity contribution in [3.8, 4) is 0 Å². The summed E-state index contributed by atoms with van der Waals surface area (Å²) in [7, 11) is 0. The first-order chi connectivity index (χ1) is 17.6. The molecule has 1 aromatic rings. The smallest absolute Gasteiger partial charge is 0.237 e. The number of benzene rings is 1. The van der Waals surface area contributed by atoms with Gasteiger partial charge in [-0.2, -0.15) is 0 Å². The van der Waals surface area contributed by atoms with Crippen molar-refractivity contribution in [1.82, 2.24) is 10.6 Å². The molecule has 37 heavy (non-hydrogen) atoms. The Morgan fingerprint density at radius 1 is 1.14 bits per heavy atom. The Balaban J connectivity index is 1.48. The highest BCUT2D eigenvalue weighted by molar-refractivity contribution is 7.99. The lowest BCUT2D eigenvalue weighted by Crippen LogP contribution is -2.65. The lowest BCUT2D eigenvalue weighted by atomic mass is 9.91. The molecule has 0 aliphatic carbocycles. The van der Waals surface area contributed by atoms with E-state index in [1.54, 1.807) is 13.2 Å². The summed E-state index contributed by atoms with van der Waals surface area (Å²) in [6.07, 6.45) is 2.49. The van der Waals surface area contributed by atoms with Crippen molar-refractivity contribution in [1.29, 1.82) is 0 Å². The fourth-order valence-corrected chi connectivity index (χ4v) is 6.11. The van der Waals surface area contributed by atoms with Crippen LogP contribution in [0.15, 0.2) is 18.2 Å². The summed E-state index contributed by atoms with van der Waals surface area (Å²) < 4.78 is 32.5. The lowest BCUT2D eigenvalue weighted by Gasteiger charge is -2.44. The summed E-state index contributed by atoms with van der Waals surface area (Å²) in [4.78, 5) is 13.1. The number of aliphatic hydroxyl groups excluding tert-OH is 3. The number of aryl methyl sites for hydroxylation is 1. The molecule has 0 bridgehead atoms. The number of unbranched alkanes of at least 4 members (excludes halogenated alkanes) is 1. The molecule has 3 unspecified atom stereocenters. The molecule has 1 aromatic carbocycles. The number of ether oxygens (including phenoxy) is 1. The molecule has 2 aliphatic heterocycles. The lowest BCUT2D eigenvalue weighted by molar-refractivity contribution is -0.205. The fourth-order valence-electron chi connectivity index (χ4n) is 5.23. The van der Waals surface area contributed by atoms with Crippen LogP contribution in [0.5, 0.6) is 0 Å². The second-order valence-corrected chi connectivity index (χ2v) is 11.8. The summed E-state index contributed by atoms with van der Waals surface area (Å²) in [5, 5.41) is 36.6. The van der Waals surface area contributed by atoms with Crippen molar-refractivity contribution >= 4 is 29.3 Å². The second-order valence-electron chi connectivity index (χ2n) is 10.2. The van der Waals surface area contributed by atoms with Gasteiger partial charge in [0.2, 0.25) is 5.91 Å². The van der Waals surface area contributed by atoms with Gasteiger partial charge in [-0.3, -0.25) is 4.79 Å².